The van der Waals surface area contributed by atoms with E-state index in [1.165, 1.54) is 0 Å². The van der Waals surface area contributed by atoms with E-state index < -0.39 is 5.97 Å². The lowest BCUT2D eigenvalue weighted by molar-refractivity contribution is -0.143. The van der Waals surface area contributed by atoms with Gasteiger partial charge in [-0.3, -0.25) is 9.36 Å². The average Bonchev–Trinajstić information content (AvgIpc) is 3.02. The summed E-state index contributed by atoms with van der Waals surface area (Å²) in [4.78, 5) is 37.4. The van der Waals surface area contributed by atoms with Crippen LogP contribution in [0.3, 0.4) is 0 Å². The van der Waals surface area contributed by atoms with E-state index in [1.807, 2.05) is 6.92 Å². The van der Waals surface area contributed by atoms with Gasteiger partial charge in [0.05, 0.1) is 18.2 Å². The molecule has 3 heterocycles. The van der Waals surface area contributed by atoms with Crippen LogP contribution in [0.15, 0.2) is 4.79 Å². The van der Waals surface area contributed by atoms with Crippen molar-refractivity contribution in [2.75, 3.05) is 26.2 Å². The van der Waals surface area contributed by atoms with Gasteiger partial charge in [0.2, 0.25) is 0 Å². The molecule has 0 aliphatic carbocycles. The molecule has 1 fully saturated rings. The van der Waals surface area contributed by atoms with Crippen molar-refractivity contribution in [1.82, 2.24) is 24.4 Å². The lowest BCUT2D eigenvalue weighted by atomic mass is 9.97. The predicted octanol–water partition coefficient (Wildman–Crippen LogP) is 2.18. The number of carboxylic acid groups (broad SMARTS) is 1. The summed E-state index contributed by atoms with van der Waals surface area (Å²) in [5, 5.41) is 9.08. The van der Waals surface area contributed by atoms with Crippen LogP contribution in [0, 0.1) is 12.8 Å². The topological polar surface area (TPSA) is 113 Å². The van der Waals surface area contributed by atoms with Crippen molar-refractivity contribution < 1.29 is 14.6 Å². The number of imidazole rings is 1. The van der Waals surface area contributed by atoms with Gasteiger partial charge in [-0.15, -0.1) is 0 Å². The molecular formula is C20H31N5O4. The summed E-state index contributed by atoms with van der Waals surface area (Å²) < 4.78 is 7.29. The largest absolute Gasteiger partial charge is 0.481 e. The van der Waals surface area contributed by atoms with Crippen molar-refractivity contribution in [3.05, 3.63) is 16.2 Å². The first-order valence-electron chi connectivity index (χ1n) is 10.5. The molecular weight excluding hydrogens is 374 g/mol. The van der Waals surface area contributed by atoms with Crippen LogP contribution in [0.25, 0.3) is 11.2 Å². The van der Waals surface area contributed by atoms with E-state index in [4.69, 9.17) is 9.84 Å². The number of aromatic nitrogens is 4. The maximum absolute atomic E-state index is 12.4. The third-order valence-electron chi connectivity index (χ3n) is 5.55. The zero-order valence-electron chi connectivity index (χ0n) is 17.3. The average molecular weight is 405 g/mol. The van der Waals surface area contributed by atoms with Gasteiger partial charge < -0.3 is 19.7 Å². The maximum Gasteiger partial charge on any atom is 0.327 e. The number of aliphatic carboxylic acids is 1. The molecule has 29 heavy (non-hydrogen) atoms. The Kier molecular flexibility index (Phi) is 7.24. The Balaban J connectivity index is 1.56. The summed E-state index contributed by atoms with van der Waals surface area (Å²) in [5.41, 5.74) is 1.79. The van der Waals surface area contributed by atoms with Gasteiger partial charge in [-0.25, -0.2) is 4.79 Å². The second-order valence-corrected chi connectivity index (χ2v) is 7.74. The molecule has 2 N–H and O–H groups in total. The number of nitrogens with zero attached hydrogens (tertiary/aromatic N) is 4. The quantitative estimate of drug-likeness (QED) is 0.583. The minimum atomic E-state index is -0.682. The lowest BCUT2D eigenvalue weighted by Gasteiger charge is -2.29. The SMILES string of the molecule is CCCCOc1nc(C)c2[nH]c(=O)n(CCCCN3CCC(C(=O)O)CC3)c2n1. The molecule has 1 aliphatic rings. The highest BCUT2D eigenvalue weighted by atomic mass is 16.5. The summed E-state index contributed by atoms with van der Waals surface area (Å²) in [5.74, 6) is -0.883. The van der Waals surface area contributed by atoms with Gasteiger partial charge in [-0.05, 0) is 58.7 Å². The summed E-state index contributed by atoms with van der Waals surface area (Å²) in [6, 6.07) is 0.317. The van der Waals surface area contributed by atoms with E-state index in [0.717, 1.165) is 45.3 Å². The fourth-order valence-corrected chi connectivity index (χ4v) is 3.73. The number of fused-ring (bicyclic) bond motifs is 1. The van der Waals surface area contributed by atoms with Crippen molar-refractivity contribution in [3.63, 3.8) is 0 Å². The molecule has 0 radical (unpaired) electrons. The zero-order chi connectivity index (χ0) is 20.8. The number of aryl methyl sites for hydroxylation is 2. The number of hydrogen-bond donors (Lipinski definition) is 2. The third-order valence-corrected chi connectivity index (χ3v) is 5.55. The van der Waals surface area contributed by atoms with E-state index in [2.05, 4.69) is 26.8 Å². The standard InChI is InChI=1S/C20H31N5O4/c1-3-4-13-29-19-21-14(2)16-17(23-19)25(20(28)22-16)10-6-5-9-24-11-7-15(8-12-24)18(26)27/h15H,3-13H2,1-2H3,(H,22,28)(H,26,27). The number of piperidine rings is 1. The van der Waals surface area contributed by atoms with Crippen LogP contribution >= 0.6 is 0 Å². The molecule has 9 heteroatoms. The Morgan fingerprint density at radius 2 is 1.93 bits per heavy atom. The molecule has 0 spiro atoms. The normalized spacial score (nSPS) is 15.8. The summed E-state index contributed by atoms with van der Waals surface area (Å²) >= 11 is 0. The minimum Gasteiger partial charge on any atom is -0.481 e. The smallest absolute Gasteiger partial charge is 0.327 e. The Bertz CT molecular complexity index is 883. The van der Waals surface area contributed by atoms with Crippen LogP contribution in [0.4, 0.5) is 0 Å². The number of carboxylic acids is 1. The fourth-order valence-electron chi connectivity index (χ4n) is 3.73. The molecule has 2 aromatic rings. The van der Waals surface area contributed by atoms with E-state index in [1.54, 1.807) is 4.57 Å². The van der Waals surface area contributed by atoms with Gasteiger partial charge in [-0.1, -0.05) is 13.3 Å². The maximum atomic E-state index is 12.4. The number of H-pyrrole nitrogens is 1. The van der Waals surface area contributed by atoms with E-state index in [0.29, 0.717) is 48.9 Å². The second kappa shape index (κ2) is 9.87. The van der Waals surface area contributed by atoms with E-state index in [9.17, 15) is 9.59 Å². The van der Waals surface area contributed by atoms with Crippen molar-refractivity contribution in [3.8, 4) is 6.01 Å². The molecule has 160 valence electrons. The monoisotopic (exact) mass is 405 g/mol. The van der Waals surface area contributed by atoms with Crippen molar-refractivity contribution >= 4 is 17.1 Å². The number of rotatable bonds is 10. The Morgan fingerprint density at radius 1 is 1.21 bits per heavy atom. The first-order valence-corrected chi connectivity index (χ1v) is 10.5. The van der Waals surface area contributed by atoms with Gasteiger partial charge in [0.15, 0.2) is 5.65 Å². The molecule has 2 aromatic heterocycles. The van der Waals surface area contributed by atoms with Crippen molar-refractivity contribution in [2.24, 2.45) is 5.92 Å². The Labute approximate surface area is 170 Å². The number of nitrogens with one attached hydrogen (secondary N) is 1. The molecule has 0 saturated carbocycles. The van der Waals surface area contributed by atoms with Crippen LogP contribution in [-0.2, 0) is 11.3 Å². The molecule has 0 atom stereocenters. The van der Waals surface area contributed by atoms with Crippen LogP contribution < -0.4 is 10.4 Å². The lowest BCUT2D eigenvalue weighted by Crippen LogP contribution is -2.36. The highest BCUT2D eigenvalue weighted by Gasteiger charge is 2.24. The minimum absolute atomic E-state index is 0.176. The predicted molar refractivity (Wildman–Crippen MR) is 109 cm³/mol. The Morgan fingerprint density at radius 3 is 2.62 bits per heavy atom. The highest BCUT2D eigenvalue weighted by Crippen LogP contribution is 2.18. The van der Waals surface area contributed by atoms with E-state index in [-0.39, 0.29) is 11.6 Å². The second-order valence-electron chi connectivity index (χ2n) is 7.74. The van der Waals surface area contributed by atoms with Crippen LogP contribution in [-0.4, -0.2) is 61.7 Å². The number of hydrogen-bond acceptors (Lipinski definition) is 6. The van der Waals surface area contributed by atoms with Gasteiger partial charge in [0.25, 0.3) is 0 Å². The summed E-state index contributed by atoms with van der Waals surface area (Å²) in [7, 11) is 0. The number of unbranched alkanes of at least 4 members (excludes halogenated alkanes) is 2. The molecule has 0 unspecified atom stereocenters. The van der Waals surface area contributed by atoms with E-state index >= 15 is 0 Å². The van der Waals surface area contributed by atoms with Crippen molar-refractivity contribution in [1.29, 1.82) is 0 Å². The molecule has 0 amide bonds. The fraction of sp³-hybridized carbons (Fsp3) is 0.700. The number of ether oxygens (including phenoxy) is 1. The van der Waals surface area contributed by atoms with Gasteiger partial charge in [0.1, 0.15) is 5.52 Å². The molecule has 9 nitrogen and oxygen atoms in total. The molecule has 0 aromatic carbocycles. The summed E-state index contributed by atoms with van der Waals surface area (Å²) in [6.07, 6.45) is 5.19. The summed E-state index contributed by atoms with van der Waals surface area (Å²) in [6.45, 7) is 7.66. The molecule has 0 bridgehead atoms. The molecule has 1 saturated heterocycles. The third kappa shape index (κ3) is 5.35. The number of carbonyl (C=O) groups is 1. The van der Waals surface area contributed by atoms with Gasteiger partial charge >= 0.3 is 17.7 Å². The van der Waals surface area contributed by atoms with Crippen LogP contribution in [0.5, 0.6) is 6.01 Å². The van der Waals surface area contributed by atoms with Gasteiger partial charge in [0, 0.05) is 6.54 Å². The van der Waals surface area contributed by atoms with Crippen molar-refractivity contribution in [2.45, 2.75) is 58.9 Å². The highest BCUT2D eigenvalue weighted by molar-refractivity contribution is 5.73. The van der Waals surface area contributed by atoms with Crippen LogP contribution in [0.2, 0.25) is 0 Å². The number of aromatic amines is 1. The first-order chi connectivity index (χ1) is 14.0. The molecule has 1 aliphatic heterocycles. The van der Waals surface area contributed by atoms with Gasteiger partial charge in [-0.2, -0.15) is 9.97 Å². The zero-order valence-corrected chi connectivity index (χ0v) is 17.3. The first kappa shape index (κ1) is 21.3. The number of likely N-dealkylation sites (tertiary alicyclic amines) is 1. The van der Waals surface area contributed by atoms with Crippen LogP contribution in [0.1, 0.15) is 51.1 Å². The molecule has 3 rings (SSSR count). The Hall–Kier alpha value is -2.42.